The molecule has 3 aromatic carbocycles. The summed E-state index contributed by atoms with van der Waals surface area (Å²) in [6.45, 7) is 1.89. The highest BCUT2D eigenvalue weighted by Gasteiger charge is 2.36. The molecule has 6 heteroatoms. The van der Waals surface area contributed by atoms with E-state index in [1.807, 2.05) is 91.9 Å². The molecule has 0 saturated heterocycles. The molecule has 4 aromatic rings. The SMILES string of the molecule is CC(c1ccccc1)N(C(=O)OCc1ccccc1)C(Cc1c[nH]c2ccccc12)C(=O)O. The quantitative estimate of drug-likeness (QED) is 0.374. The Kier molecular flexibility index (Phi) is 6.74. The highest BCUT2D eigenvalue weighted by atomic mass is 16.6. The molecule has 0 fully saturated rings. The number of aliphatic carboxylic acids is 1. The highest BCUT2D eigenvalue weighted by molar-refractivity contribution is 5.85. The predicted octanol–water partition coefficient (Wildman–Crippen LogP) is 5.56. The molecule has 2 N–H and O–H groups in total. The minimum atomic E-state index is -1.11. The number of hydrogen-bond donors (Lipinski definition) is 2. The monoisotopic (exact) mass is 442 g/mol. The lowest BCUT2D eigenvalue weighted by molar-refractivity contribution is -0.143. The Labute approximate surface area is 192 Å². The summed E-state index contributed by atoms with van der Waals surface area (Å²) in [4.78, 5) is 30.3. The highest BCUT2D eigenvalue weighted by Crippen LogP contribution is 2.28. The fourth-order valence-corrected chi connectivity index (χ4v) is 4.05. The number of nitrogens with one attached hydrogen (secondary N) is 1. The number of aromatic amines is 1. The van der Waals surface area contributed by atoms with Crippen LogP contribution in [0.5, 0.6) is 0 Å². The number of ether oxygens (including phenoxy) is 1. The van der Waals surface area contributed by atoms with Crippen molar-refractivity contribution in [2.24, 2.45) is 0 Å². The van der Waals surface area contributed by atoms with Crippen LogP contribution in [0.2, 0.25) is 0 Å². The molecule has 2 atom stereocenters. The predicted molar refractivity (Wildman–Crippen MR) is 127 cm³/mol. The van der Waals surface area contributed by atoms with Crippen molar-refractivity contribution in [2.45, 2.75) is 32.0 Å². The molecule has 6 nitrogen and oxygen atoms in total. The smallest absolute Gasteiger partial charge is 0.411 e. The average Bonchev–Trinajstić information content (AvgIpc) is 3.26. The Morgan fingerprint density at radius 2 is 1.58 bits per heavy atom. The second-order valence-corrected chi connectivity index (χ2v) is 7.95. The minimum absolute atomic E-state index is 0.0666. The van der Waals surface area contributed by atoms with Crippen LogP contribution in [-0.4, -0.2) is 33.1 Å². The average molecular weight is 443 g/mol. The summed E-state index contributed by atoms with van der Waals surface area (Å²) >= 11 is 0. The standard InChI is InChI=1S/C27H26N2O4/c1-19(21-12-6-3-7-13-21)29(27(32)33-18-20-10-4-2-5-11-20)25(26(30)31)16-22-17-28-24-15-9-8-14-23(22)24/h2-15,17,19,25,28H,16,18H2,1H3,(H,30,31). The van der Waals surface area contributed by atoms with Gasteiger partial charge in [-0.3, -0.25) is 4.90 Å². The van der Waals surface area contributed by atoms with Gasteiger partial charge in [-0.05, 0) is 29.7 Å². The molecule has 0 aliphatic carbocycles. The molecule has 1 amide bonds. The molecule has 0 aliphatic heterocycles. The van der Waals surface area contributed by atoms with Gasteiger partial charge in [0.1, 0.15) is 12.6 Å². The lowest BCUT2D eigenvalue weighted by Crippen LogP contribution is -2.47. The molecule has 1 heterocycles. The lowest BCUT2D eigenvalue weighted by atomic mass is 10.00. The van der Waals surface area contributed by atoms with Gasteiger partial charge in [-0.2, -0.15) is 0 Å². The molecule has 0 bridgehead atoms. The van der Waals surface area contributed by atoms with Crippen LogP contribution in [0.3, 0.4) is 0 Å². The van der Waals surface area contributed by atoms with E-state index in [0.717, 1.165) is 27.6 Å². The van der Waals surface area contributed by atoms with Crippen LogP contribution in [0, 0.1) is 0 Å². The maximum Gasteiger partial charge on any atom is 0.411 e. The first kappa shape index (κ1) is 22.1. The van der Waals surface area contributed by atoms with Gasteiger partial charge in [-0.1, -0.05) is 78.9 Å². The summed E-state index contributed by atoms with van der Waals surface area (Å²) in [6, 6.07) is 24.8. The van der Waals surface area contributed by atoms with Gasteiger partial charge in [-0.25, -0.2) is 9.59 Å². The van der Waals surface area contributed by atoms with E-state index >= 15 is 0 Å². The van der Waals surface area contributed by atoms with Crippen LogP contribution >= 0.6 is 0 Å². The van der Waals surface area contributed by atoms with E-state index in [0.29, 0.717) is 0 Å². The van der Waals surface area contributed by atoms with Gasteiger partial charge >= 0.3 is 12.1 Å². The molecular formula is C27H26N2O4. The number of hydrogen-bond acceptors (Lipinski definition) is 3. The van der Waals surface area contributed by atoms with Crippen molar-refractivity contribution in [3.63, 3.8) is 0 Å². The van der Waals surface area contributed by atoms with Gasteiger partial charge in [0.25, 0.3) is 0 Å². The Balaban J connectivity index is 1.65. The molecule has 2 unspecified atom stereocenters. The number of amides is 1. The van der Waals surface area contributed by atoms with Gasteiger partial charge in [0, 0.05) is 23.5 Å². The third kappa shape index (κ3) is 5.06. The van der Waals surface area contributed by atoms with Crippen molar-refractivity contribution in [2.75, 3.05) is 0 Å². The summed E-state index contributed by atoms with van der Waals surface area (Å²) in [5, 5.41) is 11.1. The van der Waals surface area contributed by atoms with E-state index in [2.05, 4.69) is 4.98 Å². The molecule has 33 heavy (non-hydrogen) atoms. The lowest BCUT2D eigenvalue weighted by Gasteiger charge is -2.33. The molecule has 0 saturated carbocycles. The number of carbonyl (C=O) groups excluding carboxylic acids is 1. The summed E-state index contributed by atoms with van der Waals surface area (Å²) in [6.07, 6.45) is 1.29. The van der Waals surface area contributed by atoms with Crippen LogP contribution in [0.25, 0.3) is 10.9 Å². The minimum Gasteiger partial charge on any atom is -0.480 e. The van der Waals surface area contributed by atoms with E-state index in [4.69, 9.17) is 4.74 Å². The summed E-state index contributed by atoms with van der Waals surface area (Å²) in [5.41, 5.74) is 3.42. The first-order chi connectivity index (χ1) is 16.0. The maximum atomic E-state index is 13.3. The second kappa shape index (κ2) is 10.0. The van der Waals surface area contributed by atoms with Crippen LogP contribution < -0.4 is 0 Å². The van der Waals surface area contributed by atoms with Crippen molar-refractivity contribution < 1.29 is 19.4 Å². The van der Waals surface area contributed by atoms with E-state index < -0.39 is 24.1 Å². The number of rotatable bonds is 8. The van der Waals surface area contributed by atoms with Gasteiger partial charge in [0.2, 0.25) is 0 Å². The number of nitrogens with zero attached hydrogens (tertiary/aromatic N) is 1. The number of carboxylic acids is 1. The zero-order chi connectivity index (χ0) is 23.2. The maximum absolute atomic E-state index is 13.3. The molecule has 1 aromatic heterocycles. The summed E-state index contributed by atoms with van der Waals surface area (Å²) < 4.78 is 5.59. The molecular weight excluding hydrogens is 416 g/mol. The number of carbonyl (C=O) groups is 2. The topological polar surface area (TPSA) is 82.6 Å². The molecule has 0 spiro atoms. The van der Waals surface area contributed by atoms with Gasteiger partial charge in [0.15, 0.2) is 0 Å². The van der Waals surface area contributed by atoms with E-state index in [1.165, 1.54) is 4.90 Å². The van der Waals surface area contributed by atoms with E-state index in [9.17, 15) is 14.7 Å². The number of H-pyrrole nitrogens is 1. The first-order valence-corrected chi connectivity index (χ1v) is 10.9. The second-order valence-electron chi connectivity index (χ2n) is 7.95. The summed E-state index contributed by atoms with van der Waals surface area (Å²) in [7, 11) is 0. The first-order valence-electron chi connectivity index (χ1n) is 10.9. The zero-order valence-corrected chi connectivity index (χ0v) is 18.3. The van der Waals surface area contributed by atoms with Crippen molar-refractivity contribution >= 4 is 23.0 Å². The molecule has 0 aliphatic rings. The van der Waals surface area contributed by atoms with Crippen molar-refractivity contribution in [3.8, 4) is 0 Å². The number of benzene rings is 3. The van der Waals surface area contributed by atoms with Crippen molar-refractivity contribution in [1.82, 2.24) is 9.88 Å². The van der Waals surface area contributed by atoms with Crippen molar-refractivity contribution in [1.29, 1.82) is 0 Å². The summed E-state index contributed by atoms with van der Waals surface area (Å²) in [5.74, 6) is -1.08. The van der Waals surface area contributed by atoms with Crippen LogP contribution in [0.15, 0.2) is 91.1 Å². The van der Waals surface area contributed by atoms with E-state index in [1.54, 1.807) is 6.20 Å². The molecule has 0 radical (unpaired) electrons. The van der Waals surface area contributed by atoms with Gasteiger partial charge in [0.05, 0.1) is 6.04 Å². The third-order valence-corrected chi connectivity index (χ3v) is 5.82. The Morgan fingerprint density at radius 3 is 2.27 bits per heavy atom. The van der Waals surface area contributed by atoms with Crippen LogP contribution in [0.1, 0.15) is 29.7 Å². The van der Waals surface area contributed by atoms with Crippen LogP contribution in [-0.2, 0) is 22.6 Å². The largest absolute Gasteiger partial charge is 0.480 e. The fraction of sp³-hybridized carbons (Fsp3) is 0.185. The van der Waals surface area contributed by atoms with Gasteiger partial charge in [-0.15, -0.1) is 0 Å². The fourth-order valence-electron chi connectivity index (χ4n) is 4.05. The Bertz CT molecular complexity index is 1220. The molecule has 168 valence electrons. The van der Waals surface area contributed by atoms with Crippen LogP contribution in [0.4, 0.5) is 4.79 Å². The molecule has 4 rings (SSSR count). The number of carboxylic acid groups (broad SMARTS) is 1. The normalized spacial score (nSPS) is 12.8. The number of para-hydroxylation sites is 1. The number of aromatic nitrogens is 1. The van der Waals surface area contributed by atoms with E-state index in [-0.39, 0.29) is 13.0 Å². The zero-order valence-electron chi connectivity index (χ0n) is 18.3. The van der Waals surface area contributed by atoms with Crippen molar-refractivity contribution in [3.05, 3.63) is 108 Å². The van der Waals surface area contributed by atoms with Gasteiger partial charge < -0.3 is 14.8 Å². The number of fused-ring (bicyclic) bond motifs is 1. The Morgan fingerprint density at radius 1 is 0.939 bits per heavy atom. The third-order valence-electron chi connectivity index (χ3n) is 5.82. The Hall–Kier alpha value is -4.06.